The van der Waals surface area contributed by atoms with E-state index in [1.54, 1.807) is 22.3 Å². The molecule has 4 nitrogen and oxygen atoms in total. The lowest BCUT2D eigenvalue weighted by molar-refractivity contribution is -0.125. The summed E-state index contributed by atoms with van der Waals surface area (Å²) in [6.07, 6.45) is 3.80. The largest absolute Gasteiger partial charge is 0.354 e. The Morgan fingerprint density at radius 2 is 2.28 bits per heavy atom. The summed E-state index contributed by atoms with van der Waals surface area (Å²) in [5.74, 6) is -0.0132. The van der Waals surface area contributed by atoms with E-state index >= 15 is 0 Å². The first-order valence-electron chi connectivity index (χ1n) is 5.95. The Hall–Kier alpha value is -1.62. The van der Waals surface area contributed by atoms with Gasteiger partial charge in [-0.1, -0.05) is 0 Å². The maximum absolute atomic E-state index is 11.9. The molecule has 2 amide bonds. The molecule has 0 atom stereocenters. The van der Waals surface area contributed by atoms with Gasteiger partial charge in [-0.3, -0.25) is 9.59 Å². The van der Waals surface area contributed by atoms with Crippen LogP contribution in [0.1, 0.15) is 16.2 Å². The number of rotatable bonds is 2. The van der Waals surface area contributed by atoms with E-state index in [2.05, 4.69) is 5.32 Å². The maximum atomic E-state index is 11.9. The van der Waals surface area contributed by atoms with Crippen LogP contribution in [0.25, 0.3) is 6.08 Å². The molecule has 0 aliphatic carbocycles. The van der Waals surface area contributed by atoms with Gasteiger partial charge in [-0.05, 0) is 25.1 Å². The van der Waals surface area contributed by atoms with Crippen LogP contribution in [0.3, 0.4) is 0 Å². The highest BCUT2D eigenvalue weighted by atomic mass is 32.1. The van der Waals surface area contributed by atoms with Gasteiger partial charge in [-0.2, -0.15) is 0 Å². The third-order valence-corrected chi connectivity index (χ3v) is 3.74. The van der Waals surface area contributed by atoms with Crippen molar-refractivity contribution in [1.82, 2.24) is 10.2 Å². The summed E-state index contributed by atoms with van der Waals surface area (Å²) >= 11 is 1.66. The van der Waals surface area contributed by atoms with Crippen LogP contribution in [0.2, 0.25) is 0 Å². The van der Waals surface area contributed by atoms with E-state index in [4.69, 9.17) is 0 Å². The van der Waals surface area contributed by atoms with Gasteiger partial charge in [0.25, 0.3) is 0 Å². The number of nitrogens with one attached hydrogen (secondary N) is 1. The summed E-state index contributed by atoms with van der Waals surface area (Å²) < 4.78 is 0. The maximum Gasteiger partial charge on any atom is 0.246 e. The number of amides is 2. The predicted octanol–water partition coefficient (Wildman–Crippen LogP) is 1.42. The second kappa shape index (κ2) is 5.82. The third kappa shape index (κ3) is 3.43. The average Bonchev–Trinajstić information content (AvgIpc) is 2.63. The molecule has 0 aromatic carbocycles. The minimum Gasteiger partial charge on any atom is -0.354 e. The lowest BCUT2D eigenvalue weighted by Gasteiger charge is -2.16. The Bertz CT molecular complexity index is 479. The number of nitrogens with zero attached hydrogens (tertiary/aromatic N) is 1. The van der Waals surface area contributed by atoms with Gasteiger partial charge >= 0.3 is 0 Å². The molecule has 2 heterocycles. The second-order valence-electron chi connectivity index (χ2n) is 4.21. The lowest BCUT2D eigenvalue weighted by Crippen LogP contribution is -2.32. The Morgan fingerprint density at radius 3 is 3.00 bits per heavy atom. The van der Waals surface area contributed by atoms with Crippen molar-refractivity contribution in [2.75, 3.05) is 19.6 Å². The van der Waals surface area contributed by atoms with Crippen molar-refractivity contribution in [3.05, 3.63) is 28.0 Å². The number of carbonyl (C=O) groups is 2. The number of hydrogen-bond donors (Lipinski definition) is 1. The van der Waals surface area contributed by atoms with Crippen molar-refractivity contribution in [3.8, 4) is 0 Å². The van der Waals surface area contributed by atoms with Gasteiger partial charge in [0.2, 0.25) is 11.8 Å². The fourth-order valence-corrected chi connectivity index (χ4v) is 2.57. The summed E-state index contributed by atoms with van der Waals surface area (Å²) in [7, 11) is 0. The first-order valence-corrected chi connectivity index (χ1v) is 6.77. The molecule has 1 aromatic rings. The summed E-state index contributed by atoms with van der Waals surface area (Å²) in [4.78, 5) is 27.1. The van der Waals surface area contributed by atoms with Crippen LogP contribution in [0.4, 0.5) is 0 Å². The Morgan fingerprint density at radius 1 is 1.44 bits per heavy atom. The van der Waals surface area contributed by atoms with Gasteiger partial charge in [0.1, 0.15) is 0 Å². The molecular weight excluding hydrogens is 248 g/mol. The van der Waals surface area contributed by atoms with Crippen LogP contribution in [0.5, 0.6) is 0 Å². The molecule has 1 aliphatic heterocycles. The van der Waals surface area contributed by atoms with Gasteiger partial charge < -0.3 is 10.2 Å². The second-order valence-corrected chi connectivity index (χ2v) is 5.53. The fourth-order valence-electron chi connectivity index (χ4n) is 1.79. The minimum absolute atomic E-state index is 0.0168. The number of aryl methyl sites for hydroxylation is 1. The molecule has 1 saturated heterocycles. The summed E-state index contributed by atoms with van der Waals surface area (Å²) in [5, 5.41) is 2.75. The quantitative estimate of drug-likeness (QED) is 0.821. The highest BCUT2D eigenvalue weighted by molar-refractivity contribution is 7.12. The van der Waals surface area contributed by atoms with Crippen LogP contribution in [0, 0.1) is 6.92 Å². The van der Waals surface area contributed by atoms with Crippen LogP contribution in [-0.4, -0.2) is 36.3 Å². The average molecular weight is 264 g/mol. The van der Waals surface area contributed by atoms with Crippen molar-refractivity contribution >= 4 is 29.2 Å². The highest BCUT2D eigenvalue weighted by Gasteiger charge is 2.16. The zero-order chi connectivity index (χ0) is 13.0. The molecule has 1 fully saturated rings. The smallest absolute Gasteiger partial charge is 0.246 e. The molecule has 0 spiro atoms. The highest BCUT2D eigenvalue weighted by Crippen LogP contribution is 2.16. The molecule has 0 saturated carbocycles. The zero-order valence-corrected chi connectivity index (χ0v) is 11.1. The Balaban J connectivity index is 1.94. The molecule has 1 N–H and O–H groups in total. The van der Waals surface area contributed by atoms with Crippen LogP contribution in [0.15, 0.2) is 18.2 Å². The van der Waals surface area contributed by atoms with Gasteiger partial charge in [-0.25, -0.2) is 0 Å². The predicted molar refractivity (Wildman–Crippen MR) is 72.3 cm³/mol. The molecule has 0 radical (unpaired) electrons. The van der Waals surface area contributed by atoms with E-state index in [1.165, 1.54) is 4.88 Å². The molecule has 0 bridgehead atoms. The van der Waals surface area contributed by atoms with E-state index in [9.17, 15) is 9.59 Å². The normalized spacial score (nSPS) is 16.7. The Labute approximate surface area is 110 Å². The van der Waals surface area contributed by atoms with Gasteiger partial charge in [0.05, 0.1) is 0 Å². The van der Waals surface area contributed by atoms with Gasteiger partial charge in [-0.15, -0.1) is 11.3 Å². The van der Waals surface area contributed by atoms with Crippen LogP contribution >= 0.6 is 11.3 Å². The standard InChI is InChI=1S/C13H16N2O2S/c1-10-2-3-11(18-10)4-5-13(17)15-8-6-12(16)14-7-9-15/h2-5H,6-9H2,1H3,(H,14,16). The van der Waals surface area contributed by atoms with Crippen LogP contribution in [-0.2, 0) is 9.59 Å². The van der Waals surface area contributed by atoms with E-state index in [1.807, 2.05) is 25.1 Å². The first-order chi connectivity index (χ1) is 8.65. The van der Waals surface area contributed by atoms with Crippen LogP contribution < -0.4 is 5.32 Å². The monoisotopic (exact) mass is 264 g/mol. The third-order valence-electron chi connectivity index (χ3n) is 2.78. The number of thiophene rings is 1. The topological polar surface area (TPSA) is 49.4 Å². The lowest BCUT2D eigenvalue weighted by atomic mass is 10.3. The summed E-state index contributed by atoms with van der Waals surface area (Å²) in [5.41, 5.74) is 0. The molecule has 0 unspecified atom stereocenters. The zero-order valence-electron chi connectivity index (χ0n) is 10.3. The number of hydrogen-bond acceptors (Lipinski definition) is 3. The van der Waals surface area contributed by atoms with E-state index in [0.717, 1.165) is 4.88 Å². The van der Waals surface area contributed by atoms with Gasteiger partial charge in [0.15, 0.2) is 0 Å². The van der Waals surface area contributed by atoms with Crippen molar-refractivity contribution in [1.29, 1.82) is 0 Å². The molecule has 2 rings (SSSR count). The van der Waals surface area contributed by atoms with Crippen molar-refractivity contribution in [3.63, 3.8) is 0 Å². The molecule has 1 aliphatic rings. The van der Waals surface area contributed by atoms with E-state index < -0.39 is 0 Å². The molecule has 5 heteroatoms. The molecular formula is C13H16N2O2S. The van der Waals surface area contributed by atoms with Crippen molar-refractivity contribution in [2.45, 2.75) is 13.3 Å². The van der Waals surface area contributed by atoms with Crippen molar-refractivity contribution < 1.29 is 9.59 Å². The molecule has 18 heavy (non-hydrogen) atoms. The molecule has 96 valence electrons. The van der Waals surface area contributed by atoms with Gasteiger partial charge in [0, 0.05) is 41.9 Å². The first kappa shape index (κ1) is 12.8. The fraction of sp³-hybridized carbons (Fsp3) is 0.385. The molecule has 1 aromatic heterocycles. The summed E-state index contributed by atoms with van der Waals surface area (Å²) in [6, 6.07) is 4.03. The summed E-state index contributed by atoms with van der Waals surface area (Å²) in [6.45, 7) is 3.66. The SMILES string of the molecule is Cc1ccc(C=CC(=O)N2CCNC(=O)CC2)s1. The van der Waals surface area contributed by atoms with E-state index in [0.29, 0.717) is 26.1 Å². The minimum atomic E-state index is -0.0300. The Kier molecular flexibility index (Phi) is 4.15. The van der Waals surface area contributed by atoms with E-state index in [-0.39, 0.29) is 11.8 Å². The number of carbonyl (C=O) groups excluding carboxylic acids is 2. The van der Waals surface area contributed by atoms with Crippen molar-refractivity contribution in [2.24, 2.45) is 0 Å².